The Morgan fingerprint density at radius 1 is 1.00 bits per heavy atom. The van der Waals surface area contributed by atoms with Crippen LogP contribution in [0, 0.1) is 5.92 Å². The number of hydrogen-bond donors (Lipinski definition) is 1. The lowest BCUT2D eigenvalue weighted by molar-refractivity contribution is 0.309. The lowest BCUT2D eigenvalue weighted by Gasteiger charge is -2.08. The third-order valence-corrected chi connectivity index (χ3v) is 3.63. The van der Waals surface area contributed by atoms with Gasteiger partial charge >= 0.3 is 0 Å². The van der Waals surface area contributed by atoms with Crippen LogP contribution < -0.4 is 4.74 Å². The normalized spacial score (nSPS) is 11.2. The van der Waals surface area contributed by atoms with Crippen LogP contribution in [0.1, 0.15) is 25.0 Å². The van der Waals surface area contributed by atoms with Crippen LogP contribution in [0.5, 0.6) is 5.75 Å². The molecule has 2 heteroatoms. The average molecular weight is 279 g/mol. The van der Waals surface area contributed by atoms with Crippen LogP contribution in [0.25, 0.3) is 10.9 Å². The largest absolute Gasteiger partial charge is 0.487 e. The Kier molecular flexibility index (Phi) is 3.96. The fourth-order valence-electron chi connectivity index (χ4n) is 2.65. The second-order valence-corrected chi connectivity index (χ2v) is 5.86. The van der Waals surface area contributed by atoms with E-state index in [1.807, 2.05) is 24.3 Å². The Bertz CT molecular complexity index is 713. The van der Waals surface area contributed by atoms with Crippen molar-refractivity contribution in [2.45, 2.75) is 26.9 Å². The maximum Gasteiger partial charge on any atom is 0.143 e. The minimum atomic E-state index is 0.596. The van der Waals surface area contributed by atoms with Gasteiger partial charge in [-0.15, -0.1) is 0 Å². The quantitative estimate of drug-likeness (QED) is 0.702. The monoisotopic (exact) mass is 279 g/mol. The minimum absolute atomic E-state index is 0.596. The van der Waals surface area contributed by atoms with E-state index in [4.69, 9.17) is 4.74 Å². The molecule has 0 aliphatic carbocycles. The van der Waals surface area contributed by atoms with Crippen molar-refractivity contribution in [3.63, 3.8) is 0 Å². The van der Waals surface area contributed by atoms with Gasteiger partial charge in [-0.1, -0.05) is 56.3 Å². The number of aromatic amines is 1. The molecular formula is C19H21NO. The number of hydrogen-bond acceptors (Lipinski definition) is 1. The van der Waals surface area contributed by atoms with Crippen LogP contribution in [-0.2, 0) is 13.0 Å². The molecule has 1 heterocycles. The molecule has 0 unspecified atom stereocenters. The summed E-state index contributed by atoms with van der Waals surface area (Å²) in [6.45, 7) is 5.08. The molecule has 1 aromatic heterocycles. The average Bonchev–Trinajstić information content (AvgIpc) is 2.89. The summed E-state index contributed by atoms with van der Waals surface area (Å²) in [5.74, 6) is 1.57. The van der Waals surface area contributed by atoms with E-state index in [2.05, 4.69) is 49.3 Å². The Morgan fingerprint density at radius 2 is 1.81 bits per heavy atom. The van der Waals surface area contributed by atoms with E-state index < -0.39 is 0 Å². The summed E-state index contributed by atoms with van der Waals surface area (Å²) in [6.07, 6.45) is 3.20. The van der Waals surface area contributed by atoms with Gasteiger partial charge < -0.3 is 9.72 Å². The van der Waals surface area contributed by atoms with Crippen molar-refractivity contribution in [3.05, 3.63) is 65.9 Å². The summed E-state index contributed by atoms with van der Waals surface area (Å²) in [7, 11) is 0. The van der Waals surface area contributed by atoms with E-state index in [1.54, 1.807) is 0 Å². The van der Waals surface area contributed by atoms with Gasteiger partial charge in [0.05, 0.1) is 5.52 Å². The van der Waals surface area contributed by atoms with Gasteiger partial charge in [-0.05, 0) is 29.5 Å². The summed E-state index contributed by atoms with van der Waals surface area (Å²) in [4.78, 5) is 3.37. The van der Waals surface area contributed by atoms with Crippen LogP contribution >= 0.6 is 0 Å². The van der Waals surface area contributed by atoms with Crippen LogP contribution in [-0.4, -0.2) is 4.98 Å². The molecule has 0 fully saturated rings. The fourth-order valence-corrected chi connectivity index (χ4v) is 2.65. The van der Waals surface area contributed by atoms with Gasteiger partial charge in [-0.25, -0.2) is 0 Å². The highest BCUT2D eigenvalue weighted by Crippen LogP contribution is 2.29. The third kappa shape index (κ3) is 3.10. The number of benzene rings is 2. The standard InChI is InChI=1S/C19H21NO/c1-14(2)11-16-12-20-19-17(16)9-6-10-18(19)21-13-15-7-4-3-5-8-15/h3-10,12,14,20H,11,13H2,1-2H3. The van der Waals surface area contributed by atoms with Gasteiger partial charge in [0.25, 0.3) is 0 Å². The maximum absolute atomic E-state index is 5.99. The first-order valence-corrected chi connectivity index (χ1v) is 7.49. The Hall–Kier alpha value is -2.22. The highest BCUT2D eigenvalue weighted by atomic mass is 16.5. The van der Waals surface area contributed by atoms with E-state index >= 15 is 0 Å². The number of rotatable bonds is 5. The molecule has 0 radical (unpaired) electrons. The lowest BCUT2D eigenvalue weighted by atomic mass is 10.0. The smallest absolute Gasteiger partial charge is 0.143 e. The molecule has 0 aliphatic rings. The fraction of sp³-hybridized carbons (Fsp3) is 0.263. The molecule has 2 aromatic carbocycles. The van der Waals surface area contributed by atoms with Gasteiger partial charge in [0, 0.05) is 11.6 Å². The number of ether oxygens (including phenoxy) is 1. The first-order valence-electron chi connectivity index (χ1n) is 7.49. The zero-order valence-corrected chi connectivity index (χ0v) is 12.6. The van der Waals surface area contributed by atoms with Crippen molar-refractivity contribution in [1.82, 2.24) is 4.98 Å². The van der Waals surface area contributed by atoms with E-state index in [0.29, 0.717) is 12.5 Å². The van der Waals surface area contributed by atoms with Crippen LogP contribution in [0.15, 0.2) is 54.7 Å². The molecule has 0 aliphatic heterocycles. The summed E-state index contributed by atoms with van der Waals surface area (Å²) >= 11 is 0. The van der Waals surface area contributed by atoms with E-state index in [9.17, 15) is 0 Å². The number of para-hydroxylation sites is 1. The van der Waals surface area contributed by atoms with Crippen molar-refractivity contribution >= 4 is 10.9 Å². The van der Waals surface area contributed by atoms with Crippen molar-refractivity contribution in [3.8, 4) is 5.75 Å². The molecule has 3 rings (SSSR count). The maximum atomic E-state index is 5.99. The van der Waals surface area contributed by atoms with Gasteiger partial charge in [0.15, 0.2) is 0 Å². The number of nitrogens with one attached hydrogen (secondary N) is 1. The summed E-state index contributed by atoms with van der Waals surface area (Å²) in [5.41, 5.74) is 3.65. The minimum Gasteiger partial charge on any atom is -0.487 e. The summed E-state index contributed by atoms with van der Waals surface area (Å²) < 4.78 is 5.99. The van der Waals surface area contributed by atoms with Crippen molar-refractivity contribution < 1.29 is 4.74 Å². The zero-order valence-electron chi connectivity index (χ0n) is 12.6. The van der Waals surface area contributed by atoms with E-state index in [0.717, 1.165) is 17.7 Å². The van der Waals surface area contributed by atoms with Crippen molar-refractivity contribution in [2.75, 3.05) is 0 Å². The third-order valence-electron chi connectivity index (χ3n) is 3.63. The topological polar surface area (TPSA) is 25.0 Å². The van der Waals surface area contributed by atoms with Crippen molar-refractivity contribution in [2.24, 2.45) is 5.92 Å². The summed E-state index contributed by atoms with van der Waals surface area (Å²) in [6, 6.07) is 16.5. The molecule has 0 saturated carbocycles. The van der Waals surface area contributed by atoms with Gasteiger partial charge in [-0.2, -0.15) is 0 Å². The highest BCUT2D eigenvalue weighted by Gasteiger charge is 2.09. The first-order chi connectivity index (χ1) is 10.2. The predicted octanol–water partition coefficient (Wildman–Crippen LogP) is 4.95. The molecule has 0 spiro atoms. The molecule has 0 amide bonds. The number of H-pyrrole nitrogens is 1. The molecule has 3 aromatic rings. The number of aromatic nitrogens is 1. The van der Waals surface area contributed by atoms with Gasteiger partial charge in [0.2, 0.25) is 0 Å². The first kappa shape index (κ1) is 13.7. The van der Waals surface area contributed by atoms with Crippen LogP contribution in [0.2, 0.25) is 0 Å². The Labute approximate surface area is 125 Å². The molecule has 21 heavy (non-hydrogen) atoms. The molecule has 0 bridgehead atoms. The second-order valence-electron chi connectivity index (χ2n) is 5.86. The summed E-state index contributed by atoms with van der Waals surface area (Å²) in [5, 5.41) is 1.27. The SMILES string of the molecule is CC(C)Cc1c[nH]c2c(OCc3ccccc3)cccc12. The van der Waals surface area contributed by atoms with Gasteiger partial charge in [-0.3, -0.25) is 0 Å². The van der Waals surface area contributed by atoms with Crippen molar-refractivity contribution in [1.29, 1.82) is 0 Å². The molecule has 0 saturated heterocycles. The molecule has 2 nitrogen and oxygen atoms in total. The molecule has 0 atom stereocenters. The van der Waals surface area contributed by atoms with Crippen LogP contribution in [0.3, 0.4) is 0 Å². The zero-order chi connectivity index (χ0) is 14.7. The molecular weight excluding hydrogens is 258 g/mol. The van der Waals surface area contributed by atoms with Crippen LogP contribution in [0.4, 0.5) is 0 Å². The second kappa shape index (κ2) is 6.04. The lowest BCUT2D eigenvalue weighted by Crippen LogP contribution is -1.96. The molecule has 108 valence electrons. The Morgan fingerprint density at radius 3 is 2.57 bits per heavy atom. The Balaban J connectivity index is 1.84. The predicted molar refractivity (Wildman–Crippen MR) is 87.6 cm³/mol. The van der Waals surface area contributed by atoms with Gasteiger partial charge in [0.1, 0.15) is 12.4 Å². The van der Waals surface area contributed by atoms with E-state index in [-0.39, 0.29) is 0 Å². The molecule has 1 N–H and O–H groups in total. The van der Waals surface area contributed by atoms with E-state index in [1.165, 1.54) is 16.5 Å². The highest BCUT2D eigenvalue weighted by molar-refractivity contribution is 5.88. The number of fused-ring (bicyclic) bond motifs is 1.